The van der Waals surface area contributed by atoms with Gasteiger partial charge in [-0.15, -0.1) is 11.3 Å². The van der Waals surface area contributed by atoms with Gasteiger partial charge in [0.25, 0.3) is 0 Å². The smallest absolute Gasteiger partial charge is 0.0723 e. The van der Waals surface area contributed by atoms with E-state index in [2.05, 4.69) is 109 Å². The second-order valence-electron chi connectivity index (χ2n) is 12.8. The summed E-state index contributed by atoms with van der Waals surface area (Å²) in [5.41, 5.74) is 11.8. The third kappa shape index (κ3) is 5.04. The predicted molar refractivity (Wildman–Crippen MR) is 210 cm³/mol. The van der Waals surface area contributed by atoms with Gasteiger partial charge in [-0.1, -0.05) is 128 Å². The van der Waals surface area contributed by atoms with E-state index >= 15 is 0 Å². The number of benzene rings is 6. The van der Waals surface area contributed by atoms with Crippen molar-refractivity contribution in [1.29, 1.82) is 5.41 Å². The number of para-hydroxylation sites is 1. The Morgan fingerprint density at radius 2 is 1.43 bits per heavy atom. The van der Waals surface area contributed by atoms with Crippen molar-refractivity contribution >= 4 is 71.7 Å². The van der Waals surface area contributed by atoms with Crippen LogP contribution in [0.5, 0.6) is 0 Å². The number of aromatic nitrogens is 1. The van der Waals surface area contributed by atoms with E-state index in [0.717, 1.165) is 34.5 Å². The lowest BCUT2D eigenvalue weighted by molar-refractivity contribution is 0.733. The summed E-state index contributed by atoms with van der Waals surface area (Å²) >= 11 is 1.89. The lowest BCUT2D eigenvalue weighted by atomic mass is 9.85. The molecule has 8 aromatic rings. The first-order chi connectivity index (χ1) is 24.1. The van der Waals surface area contributed by atoms with E-state index in [1.807, 2.05) is 72.1 Å². The number of rotatable bonds is 6. The van der Waals surface area contributed by atoms with Gasteiger partial charge in [0.15, 0.2) is 0 Å². The minimum atomic E-state index is 0.338. The Kier molecular flexibility index (Phi) is 7.18. The highest BCUT2D eigenvalue weighted by Gasteiger charge is 2.28. The zero-order valence-corrected chi connectivity index (χ0v) is 27.9. The Labute approximate surface area is 289 Å². The minimum Gasteiger partial charge on any atom is -0.311 e. The van der Waals surface area contributed by atoms with Gasteiger partial charge in [-0.05, 0) is 53.5 Å². The van der Waals surface area contributed by atoms with Crippen molar-refractivity contribution < 1.29 is 0 Å². The SMILES string of the molecule is CC1CC(c2ccccc2)=Cc2c1n(-c1ccc(/C=N/c3ccccc3C(=N)c3ccccc3)cc1)c1c2ccc2c3ccccc3sc21. The summed E-state index contributed by atoms with van der Waals surface area (Å²) in [5, 5.41) is 12.8. The summed E-state index contributed by atoms with van der Waals surface area (Å²) in [6.45, 7) is 2.37. The predicted octanol–water partition coefficient (Wildman–Crippen LogP) is 12.2. The van der Waals surface area contributed by atoms with Crippen LogP contribution in [0.1, 0.15) is 52.8 Å². The van der Waals surface area contributed by atoms with Crippen molar-refractivity contribution in [2.45, 2.75) is 19.3 Å². The fourth-order valence-corrected chi connectivity index (χ4v) is 8.66. The number of aliphatic imine (C=N–C) groups is 1. The lowest BCUT2D eigenvalue weighted by Crippen LogP contribution is -2.09. The number of hydrogen-bond acceptors (Lipinski definition) is 3. The molecular weight excluding hydrogens is 615 g/mol. The molecule has 2 heterocycles. The molecule has 6 aromatic carbocycles. The molecule has 3 nitrogen and oxygen atoms in total. The molecule has 9 rings (SSSR count). The average molecular weight is 648 g/mol. The standard InChI is InChI=1S/C45H33N3S/c1-29-26-33(31-12-4-2-5-13-31)27-39-36-24-25-37-35-16-9-11-19-41(35)49-45(37)44(36)48(43(29)39)34-22-20-30(21-23-34)28-47-40-18-10-8-17-38(40)42(46)32-14-6-3-7-15-32/h2-25,27-29,46H,26H2,1H3/b46-42?,47-28+. The largest absolute Gasteiger partial charge is 0.311 e. The molecule has 1 atom stereocenters. The second-order valence-corrected chi connectivity index (χ2v) is 13.9. The van der Waals surface area contributed by atoms with Crippen LogP contribution in [-0.4, -0.2) is 16.5 Å². The normalized spacial score (nSPS) is 14.5. The van der Waals surface area contributed by atoms with Gasteiger partial charge in [0.1, 0.15) is 0 Å². The summed E-state index contributed by atoms with van der Waals surface area (Å²) < 4.78 is 5.18. The quantitative estimate of drug-likeness (QED) is 0.175. The van der Waals surface area contributed by atoms with Crippen LogP contribution in [0.25, 0.3) is 48.4 Å². The number of hydrogen-bond donors (Lipinski definition) is 1. The molecule has 1 N–H and O–H groups in total. The van der Waals surface area contributed by atoms with Crippen molar-refractivity contribution in [3.05, 3.63) is 179 Å². The molecule has 1 aliphatic rings. The summed E-state index contributed by atoms with van der Waals surface area (Å²) in [5.74, 6) is 0.338. The third-order valence-electron chi connectivity index (χ3n) is 9.75. The van der Waals surface area contributed by atoms with Crippen LogP contribution >= 0.6 is 11.3 Å². The van der Waals surface area contributed by atoms with Gasteiger partial charge in [-0.25, -0.2) is 0 Å². The van der Waals surface area contributed by atoms with Crippen molar-refractivity contribution in [3.63, 3.8) is 0 Å². The van der Waals surface area contributed by atoms with Crippen LogP contribution in [0.15, 0.2) is 151 Å². The van der Waals surface area contributed by atoms with Crippen LogP contribution < -0.4 is 0 Å². The molecule has 2 aromatic heterocycles. The van der Waals surface area contributed by atoms with Crippen LogP contribution in [0, 0.1) is 5.41 Å². The number of nitrogens with zero attached hydrogens (tertiary/aromatic N) is 2. The topological polar surface area (TPSA) is 41.1 Å². The van der Waals surface area contributed by atoms with E-state index in [-0.39, 0.29) is 0 Å². The van der Waals surface area contributed by atoms with E-state index in [0.29, 0.717) is 11.6 Å². The number of allylic oxidation sites excluding steroid dienone is 1. The molecule has 234 valence electrons. The summed E-state index contributed by atoms with van der Waals surface area (Å²) in [6, 6.07) is 50.8. The first-order valence-corrected chi connectivity index (χ1v) is 17.6. The Morgan fingerprint density at radius 1 is 0.735 bits per heavy atom. The molecule has 1 unspecified atom stereocenters. The Bertz CT molecular complexity index is 2590. The molecule has 0 spiro atoms. The maximum absolute atomic E-state index is 8.84. The van der Waals surface area contributed by atoms with Gasteiger partial charge in [-0.3, -0.25) is 10.4 Å². The summed E-state index contributed by atoms with van der Waals surface area (Å²) in [6.07, 6.45) is 5.34. The molecule has 0 bridgehead atoms. The molecule has 0 amide bonds. The first-order valence-electron chi connectivity index (χ1n) is 16.8. The van der Waals surface area contributed by atoms with E-state index < -0.39 is 0 Å². The zero-order valence-electron chi connectivity index (χ0n) is 27.1. The highest BCUT2D eigenvalue weighted by atomic mass is 32.1. The van der Waals surface area contributed by atoms with Crippen LogP contribution in [0.2, 0.25) is 0 Å². The molecule has 0 radical (unpaired) electrons. The molecule has 4 heteroatoms. The molecule has 0 saturated heterocycles. The first kappa shape index (κ1) is 29.3. The highest BCUT2D eigenvalue weighted by molar-refractivity contribution is 7.26. The zero-order chi connectivity index (χ0) is 32.9. The maximum Gasteiger partial charge on any atom is 0.0723 e. The Hall–Kier alpha value is -5.84. The fourth-order valence-electron chi connectivity index (χ4n) is 7.42. The Balaban J connectivity index is 1.17. The van der Waals surface area contributed by atoms with Gasteiger partial charge in [-0.2, -0.15) is 0 Å². The average Bonchev–Trinajstić information content (AvgIpc) is 3.71. The van der Waals surface area contributed by atoms with Crippen molar-refractivity contribution in [3.8, 4) is 5.69 Å². The van der Waals surface area contributed by atoms with E-state index in [1.165, 1.54) is 53.5 Å². The highest BCUT2D eigenvalue weighted by Crippen LogP contribution is 2.48. The lowest BCUT2D eigenvalue weighted by Gasteiger charge is -2.24. The van der Waals surface area contributed by atoms with Crippen molar-refractivity contribution in [1.82, 2.24) is 4.57 Å². The minimum absolute atomic E-state index is 0.338. The van der Waals surface area contributed by atoms with E-state index in [1.54, 1.807) is 0 Å². The molecule has 49 heavy (non-hydrogen) atoms. The van der Waals surface area contributed by atoms with Crippen LogP contribution in [0.3, 0.4) is 0 Å². The van der Waals surface area contributed by atoms with Gasteiger partial charge < -0.3 is 4.57 Å². The molecule has 1 aliphatic carbocycles. The summed E-state index contributed by atoms with van der Waals surface area (Å²) in [7, 11) is 0. The van der Waals surface area contributed by atoms with Crippen molar-refractivity contribution in [2.75, 3.05) is 0 Å². The maximum atomic E-state index is 8.84. The fraction of sp³-hybridized carbons (Fsp3) is 0.0667. The van der Waals surface area contributed by atoms with Crippen LogP contribution in [0.4, 0.5) is 5.69 Å². The Morgan fingerprint density at radius 3 is 2.24 bits per heavy atom. The van der Waals surface area contributed by atoms with E-state index in [9.17, 15) is 0 Å². The molecule has 0 fully saturated rings. The second kappa shape index (κ2) is 12.0. The van der Waals surface area contributed by atoms with Crippen LogP contribution in [-0.2, 0) is 0 Å². The molecule has 0 saturated carbocycles. The monoisotopic (exact) mass is 647 g/mol. The van der Waals surface area contributed by atoms with Gasteiger partial charge in [0, 0.05) is 61.1 Å². The van der Waals surface area contributed by atoms with E-state index in [4.69, 9.17) is 10.4 Å². The van der Waals surface area contributed by atoms with Gasteiger partial charge in [0.05, 0.1) is 21.6 Å². The molecule has 0 aliphatic heterocycles. The van der Waals surface area contributed by atoms with Crippen molar-refractivity contribution in [2.24, 2.45) is 4.99 Å². The summed E-state index contributed by atoms with van der Waals surface area (Å²) in [4.78, 5) is 4.87. The number of nitrogens with one attached hydrogen (secondary N) is 1. The van der Waals surface area contributed by atoms with Gasteiger partial charge >= 0.3 is 0 Å². The third-order valence-corrected chi connectivity index (χ3v) is 10.9. The van der Waals surface area contributed by atoms with Gasteiger partial charge in [0.2, 0.25) is 0 Å². The molecular formula is C45H33N3S. The number of thiophene rings is 1. The number of fused-ring (bicyclic) bond motifs is 7.